The van der Waals surface area contributed by atoms with Crippen LogP contribution in [-0.4, -0.2) is 58.6 Å². The molecule has 0 spiro atoms. The van der Waals surface area contributed by atoms with Crippen molar-refractivity contribution in [1.29, 1.82) is 0 Å². The predicted octanol–water partition coefficient (Wildman–Crippen LogP) is 1.21. The van der Waals surface area contributed by atoms with E-state index in [0.29, 0.717) is 5.56 Å². The molecule has 2 rings (SSSR count). The van der Waals surface area contributed by atoms with Gasteiger partial charge in [-0.25, -0.2) is 13.1 Å². The van der Waals surface area contributed by atoms with E-state index in [0.717, 1.165) is 25.9 Å². The van der Waals surface area contributed by atoms with Crippen molar-refractivity contribution in [3.8, 4) is 5.75 Å². The van der Waals surface area contributed by atoms with Gasteiger partial charge < -0.3 is 15.0 Å². The van der Waals surface area contributed by atoms with Gasteiger partial charge in [0.1, 0.15) is 10.6 Å². The highest BCUT2D eigenvalue weighted by Crippen LogP contribution is 2.25. The van der Waals surface area contributed by atoms with E-state index >= 15 is 0 Å². The van der Waals surface area contributed by atoms with Crippen molar-refractivity contribution in [2.24, 2.45) is 0 Å². The summed E-state index contributed by atoms with van der Waals surface area (Å²) in [4.78, 5) is 14.7. The summed E-state index contributed by atoms with van der Waals surface area (Å²) in [5, 5.41) is 2.99. The minimum absolute atomic E-state index is 0.0280. The number of benzene rings is 1. The Bertz CT molecular complexity index is 711. The third-order valence-electron chi connectivity index (χ3n) is 4.16. The molecule has 25 heavy (non-hydrogen) atoms. The highest BCUT2D eigenvalue weighted by atomic mass is 32.2. The lowest BCUT2D eigenvalue weighted by atomic mass is 10.0. The second kappa shape index (κ2) is 8.16. The predicted molar refractivity (Wildman–Crippen MR) is 96.4 cm³/mol. The zero-order chi connectivity index (χ0) is 18.6. The van der Waals surface area contributed by atoms with Crippen molar-refractivity contribution in [2.75, 3.05) is 27.2 Å². The Morgan fingerprint density at radius 3 is 2.48 bits per heavy atom. The largest absolute Gasteiger partial charge is 0.495 e. The van der Waals surface area contributed by atoms with Gasteiger partial charge in [0.15, 0.2) is 0 Å². The molecule has 1 aliphatic rings. The lowest BCUT2D eigenvalue weighted by Gasteiger charge is -2.29. The Hall–Kier alpha value is -1.64. The van der Waals surface area contributed by atoms with E-state index in [1.54, 1.807) is 19.9 Å². The molecule has 2 N–H and O–H groups in total. The summed E-state index contributed by atoms with van der Waals surface area (Å²) in [5.41, 5.74) is 0.309. The number of hydrogen-bond donors (Lipinski definition) is 2. The Labute approximate surface area is 149 Å². The molecule has 0 aromatic heterocycles. The number of nitrogens with zero attached hydrogens (tertiary/aromatic N) is 1. The first-order valence-corrected chi connectivity index (χ1v) is 9.91. The molecule has 7 nitrogen and oxygen atoms in total. The van der Waals surface area contributed by atoms with Crippen LogP contribution in [0.15, 0.2) is 23.1 Å². The zero-order valence-electron chi connectivity index (χ0n) is 15.2. The van der Waals surface area contributed by atoms with Crippen LogP contribution in [-0.2, 0) is 10.0 Å². The van der Waals surface area contributed by atoms with Crippen molar-refractivity contribution in [3.05, 3.63) is 23.8 Å². The van der Waals surface area contributed by atoms with Gasteiger partial charge in [0.25, 0.3) is 5.91 Å². The average molecular weight is 369 g/mol. The monoisotopic (exact) mass is 369 g/mol. The topological polar surface area (TPSA) is 87.7 Å². The number of amides is 1. The van der Waals surface area contributed by atoms with E-state index < -0.39 is 10.0 Å². The van der Waals surface area contributed by atoms with Gasteiger partial charge in [-0.15, -0.1) is 0 Å². The minimum Gasteiger partial charge on any atom is -0.495 e. The smallest absolute Gasteiger partial charge is 0.251 e. The van der Waals surface area contributed by atoms with Crippen LogP contribution in [0, 0.1) is 0 Å². The van der Waals surface area contributed by atoms with Gasteiger partial charge >= 0.3 is 0 Å². The highest BCUT2D eigenvalue weighted by molar-refractivity contribution is 7.89. The van der Waals surface area contributed by atoms with Crippen LogP contribution in [0.3, 0.4) is 0 Å². The summed E-state index contributed by atoms with van der Waals surface area (Å²) >= 11 is 0. The molecular formula is C17H27N3O4S. The molecule has 1 aromatic carbocycles. The van der Waals surface area contributed by atoms with E-state index in [4.69, 9.17) is 4.74 Å². The van der Waals surface area contributed by atoms with Gasteiger partial charge in [-0.05, 0) is 65.0 Å². The number of nitrogens with one attached hydrogen (secondary N) is 2. The molecule has 1 heterocycles. The molecule has 140 valence electrons. The molecule has 0 unspecified atom stereocenters. The van der Waals surface area contributed by atoms with E-state index in [2.05, 4.69) is 22.0 Å². The quantitative estimate of drug-likeness (QED) is 0.787. The first-order valence-electron chi connectivity index (χ1n) is 8.42. The van der Waals surface area contributed by atoms with Gasteiger partial charge in [-0.1, -0.05) is 0 Å². The molecule has 1 aromatic rings. The van der Waals surface area contributed by atoms with Crippen LogP contribution >= 0.6 is 0 Å². The van der Waals surface area contributed by atoms with Gasteiger partial charge in [0, 0.05) is 17.6 Å². The van der Waals surface area contributed by atoms with Crippen LogP contribution in [0.4, 0.5) is 0 Å². The number of likely N-dealkylation sites (tertiary alicyclic amines) is 1. The zero-order valence-corrected chi connectivity index (χ0v) is 16.0. The van der Waals surface area contributed by atoms with Gasteiger partial charge in [0.05, 0.1) is 7.11 Å². The fourth-order valence-electron chi connectivity index (χ4n) is 2.82. The molecule has 0 bridgehead atoms. The van der Waals surface area contributed by atoms with Crippen molar-refractivity contribution in [3.63, 3.8) is 0 Å². The second-order valence-electron chi connectivity index (χ2n) is 6.69. The van der Waals surface area contributed by atoms with Crippen molar-refractivity contribution < 1.29 is 17.9 Å². The van der Waals surface area contributed by atoms with Crippen LogP contribution in [0.5, 0.6) is 5.75 Å². The maximum Gasteiger partial charge on any atom is 0.251 e. The number of hydrogen-bond acceptors (Lipinski definition) is 5. The Morgan fingerprint density at radius 2 is 1.92 bits per heavy atom. The molecule has 1 amide bonds. The SMILES string of the molecule is COc1ccc(C(=O)NC2CCN(C)CC2)cc1S(=O)(=O)NC(C)C. The fourth-order valence-corrected chi connectivity index (χ4v) is 4.27. The Morgan fingerprint density at radius 1 is 1.28 bits per heavy atom. The Balaban J connectivity index is 2.21. The number of piperidine rings is 1. The average Bonchev–Trinajstić information content (AvgIpc) is 2.55. The van der Waals surface area contributed by atoms with Gasteiger partial charge in [-0.3, -0.25) is 4.79 Å². The van der Waals surface area contributed by atoms with Crippen molar-refractivity contribution in [1.82, 2.24) is 14.9 Å². The number of methoxy groups -OCH3 is 1. The summed E-state index contributed by atoms with van der Waals surface area (Å²) in [6, 6.07) is 4.31. The summed E-state index contributed by atoms with van der Waals surface area (Å²) in [7, 11) is -0.300. The number of ether oxygens (including phenoxy) is 1. The number of rotatable bonds is 6. The normalized spacial score (nSPS) is 16.8. The summed E-state index contributed by atoms with van der Waals surface area (Å²) in [5.74, 6) is -0.0535. The van der Waals surface area contributed by atoms with E-state index in [9.17, 15) is 13.2 Å². The summed E-state index contributed by atoms with van der Waals surface area (Å²) in [6.45, 7) is 5.35. The number of carbonyl (C=O) groups excluding carboxylic acids is 1. The third kappa shape index (κ3) is 5.17. The van der Waals surface area contributed by atoms with E-state index in [1.165, 1.54) is 19.2 Å². The lowest BCUT2D eigenvalue weighted by molar-refractivity contribution is 0.0916. The van der Waals surface area contributed by atoms with Crippen LogP contribution in [0.25, 0.3) is 0 Å². The molecule has 1 aliphatic heterocycles. The van der Waals surface area contributed by atoms with Crippen LogP contribution in [0.1, 0.15) is 37.0 Å². The second-order valence-corrected chi connectivity index (χ2v) is 8.38. The maximum absolute atomic E-state index is 12.5. The van der Waals surface area contributed by atoms with Crippen LogP contribution < -0.4 is 14.8 Å². The highest BCUT2D eigenvalue weighted by Gasteiger charge is 2.24. The van der Waals surface area contributed by atoms with Crippen molar-refractivity contribution in [2.45, 2.75) is 43.7 Å². The van der Waals surface area contributed by atoms with E-state index in [1.807, 2.05) is 0 Å². The standard InChI is InChI=1S/C17H27N3O4S/c1-12(2)19-25(22,23)16-11-13(5-6-15(16)24-4)17(21)18-14-7-9-20(3)10-8-14/h5-6,11-12,14,19H,7-10H2,1-4H3,(H,18,21). The first-order chi connectivity index (χ1) is 11.7. The van der Waals surface area contributed by atoms with E-state index in [-0.39, 0.29) is 28.6 Å². The fraction of sp³-hybridized carbons (Fsp3) is 0.588. The maximum atomic E-state index is 12.5. The first kappa shape index (κ1) is 19.7. The molecule has 0 radical (unpaired) electrons. The third-order valence-corrected chi connectivity index (χ3v) is 5.84. The summed E-state index contributed by atoms with van der Waals surface area (Å²) < 4.78 is 32.7. The molecule has 1 fully saturated rings. The lowest BCUT2D eigenvalue weighted by Crippen LogP contribution is -2.43. The van der Waals surface area contributed by atoms with Crippen molar-refractivity contribution >= 4 is 15.9 Å². The molecule has 0 aliphatic carbocycles. The van der Waals surface area contributed by atoms with Crippen LogP contribution in [0.2, 0.25) is 0 Å². The number of sulfonamides is 1. The summed E-state index contributed by atoms with van der Waals surface area (Å²) in [6.07, 6.45) is 1.77. The molecule has 8 heteroatoms. The molecule has 1 saturated heterocycles. The Kier molecular flexibility index (Phi) is 6.42. The molecule has 0 atom stereocenters. The molecule has 0 saturated carbocycles. The molecular weight excluding hydrogens is 342 g/mol. The minimum atomic E-state index is -3.76. The van der Waals surface area contributed by atoms with Gasteiger partial charge in [-0.2, -0.15) is 0 Å². The number of carbonyl (C=O) groups is 1. The van der Waals surface area contributed by atoms with Gasteiger partial charge in [0.2, 0.25) is 10.0 Å².